The van der Waals surface area contributed by atoms with Gasteiger partial charge in [-0.2, -0.15) is 12.6 Å². The fourth-order valence-electron chi connectivity index (χ4n) is 7.35. The molecule has 0 aliphatic heterocycles. The van der Waals surface area contributed by atoms with Crippen LogP contribution in [0.2, 0.25) is 0 Å². The van der Waals surface area contributed by atoms with Gasteiger partial charge in [0.15, 0.2) is 0 Å². The summed E-state index contributed by atoms with van der Waals surface area (Å²) in [7, 11) is 0. The van der Waals surface area contributed by atoms with Crippen LogP contribution < -0.4 is 54.0 Å². The maximum atomic E-state index is 14.1. The topological polar surface area (TPSA) is 339 Å². The maximum Gasteiger partial charge on any atom is 0.326 e. The minimum atomic E-state index is -1.46. The molecule has 0 bridgehead atoms. The van der Waals surface area contributed by atoms with E-state index in [9.17, 15) is 53.1 Å². The number of carbonyl (C=O) groups excluding carboxylic acids is 9. The third-order valence-corrected chi connectivity index (χ3v) is 11.6. The van der Waals surface area contributed by atoms with Crippen molar-refractivity contribution in [1.29, 1.82) is 0 Å². The zero-order valence-corrected chi connectivity index (χ0v) is 43.4. The molecule has 0 fully saturated rings. The number of nitrogens with two attached hydrogens (primary N) is 2. The van der Waals surface area contributed by atoms with E-state index < -0.39 is 126 Å². The van der Waals surface area contributed by atoms with Crippen LogP contribution in [0.5, 0.6) is 0 Å². The molecular weight excluding hydrogens is 949 g/mol. The van der Waals surface area contributed by atoms with Crippen molar-refractivity contribution in [1.82, 2.24) is 42.5 Å². The second-order valence-electron chi connectivity index (χ2n) is 19.3. The van der Waals surface area contributed by atoms with Crippen molar-refractivity contribution < 1.29 is 53.1 Å². The molecule has 0 aromatic heterocycles. The highest BCUT2D eigenvalue weighted by Crippen LogP contribution is 2.13. The minimum Gasteiger partial charge on any atom is -0.480 e. The molecule has 22 heteroatoms. The van der Waals surface area contributed by atoms with E-state index in [2.05, 4.69) is 55.2 Å². The predicted molar refractivity (Wildman–Crippen MR) is 273 cm³/mol. The molecule has 0 saturated heterocycles. The lowest BCUT2D eigenvalue weighted by Gasteiger charge is -2.28. The molecule has 0 heterocycles. The predicted octanol–water partition coefficient (Wildman–Crippen LogP) is -0.00700. The van der Waals surface area contributed by atoms with E-state index in [1.807, 2.05) is 44.2 Å². The SMILES string of the molecule is CC(C)C[C@H](NC(=O)[C@H](CS)NC(=O)[C@H](CCC(N)=O)NC(=O)CNC(=O)[C@H](Cc1ccccc1)NC(=O)[C@H](CC(C)C)NC(=O)[C@@H](NC(=O)[C@@H](N)Cc1ccccc1)C(C)C)C(=O)N[C@H](C(=O)O)C(C)C. The van der Waals surface area contributed by atoms with Crippen LogP contribution in [0.25, 0.3) is 0 Å². The Morgan fingerprint density at radius 2 is 0.944 bits per heavy atom. The lowest BCUT2D eigenvalue weighted by atomic mass is 9.98. The number of amides is 9. The Hall–Kier alpha value is -6.55. The Kier molecular flexibility index (Phi) is 26.5. The van der Waals surface area contributed by atoms with E-state index in [0.717, 1.165) is 5.56 Å². The zero-order valence-electron chi connectivity index (χ0n) is 42.5. The first-order valence-corrected chi connectivity index (χ1v) is 24.8. The van der Waals surface area contributed by atoms with Crippen molar-refractivity contribution in [2.75, 3.05) is 12.3 Å². The number of thiol groups is 1. The van der Waals surface area contributed by atoms with Crippen LogP contribution in [0.3, 0.4) is 0 Å². The average Bonchev–Trinajstić information content (AvgIpc) is 3.30. The third-order valence-electron chi connectivity index (χ3n) is 11.3. The van der Waals surface area contributed by atoms with Gasteiger partial charge in [0.25, 0.3) is 0 Å². The summed E-state index contributed by atoms with van der Waals surface area (Å²) in [5, 5.41) is 30.2. The van der Waals surface area contributed by atoms with Crippen molar-refractivity contribution in [2.24, 2.45) is 35.1 Å². The molecule has 398 valence electrons. The van der Waals surface area contributed by atoms with E-state index in [1.165, 1.54) is 0 Å². The van der Waals surface area contributed by atoms with E-state index >= 15 is 0 Å². The summed E-state index contributed by atoms with van der Waals surface area (Å²) in [4.78, 5) is 132. The highest BCUT2D eigenvalue weighted by atomic mass is 32.1. The van der Waals surface area contributed by atoms with Gasteiger partial charge in [-0.05, 0) is 60.5 Å². The smallest absolute Gasteiger partial charge is 0.326 e. The van der Waals surface area contributed by atoms with Crippen LogP contribution in [-0.4, -0.2) is 125 Å². The summed E-state index contributed by atoms with van der Waals surface area (Å²) in [6.45, 7) is 13.2. The van der Waals surface area contributed by atoms with Gasteiger partial charge in [-0.25, -0.2) is 4.79 Å². The van der Waals surface area contributed by atoms with Gasteiger partial charge in [0.05, 0.1) is 12.6 Å². The highest BCUT2D eigenvalue weighted by molar-refractivity contribution is 7.80. The molecule has 0 saturated carbocycles. The molecule has 2 rings (SSSR count). The van der Waals surface area contributed by atoms with Gasteiger partial charge >= 0.3 is 5.97 Å². The average molecular weight is 1030 g/mol. The van der Waals surface area contributed by atoms with Crippen LogP contribution in [-0.2, 0) is 60.8 Å². The molecule has 21 nitrogen and oxygen atoms in total. The van der Waals surface area contributed by atoms with Gasteiger partial charge in [-0.1, -0.05) is 116 Å². The lowest BCUT2D eigenvalue weighted by molar-refractivity contribution is -0.143. The number of carboxylic acids is 1. The number of nitrogens with one attached hydrogen (secondary N) is 8. The first-order chi connectivity index (χ1) is 33.8. The Balaban J connectivity index is 2.25. The van der Waals surface area contributed by atoms with E-state index in [4.69, 9.17) is 11.5 Å². The molecule has 0 aliphatic rings. The number of hydrogen-bond donors (Lipinski definition) is 12. The van der Waals surface area contributed by atoms with Crippen molar-refractivity contribution in [3.63, 3.8) is 0 Å². The first kappa shape index (κ1) is 61.6. The largest absolute Gasteiger partial charge is 0.480 e. The number of aliphatic carboxylic acids is 1. The quantitative estimate of drug-likeness (QED) is 0.0444. The Bertz CT molecular complexity index is 2150. The molecule has 72 heavy (non-hydrogen) atoms. The van der Waals surface area contributed by atoms with E-state index in [0.29, 0.717) is 5.56 Å². The number of carboxylic acid groups (broad SMARTS) is 1. The van der Waals surface area contributed by atoms with Gasteiger partial charge in [0.2, 0.25) is 53.2 Å². The summed E-state index contributed by atoms with van der Waals surface area (Å²) in [6, 6.07) is 8.10. The molecule has 13 N–H and O–H groups in total. The number of rotatable bonds is 31. The van der Waals surface area contributed by atoms with Crippen LogP contribution in [0.1, 0.15) is 92.2 Å². The number of benzene rings is 2. The summed E-state index contributed by atoms with van der Waals surface area (Å²) in [5.74, 6) is -9.59. The lowest BCUT2D eigenvalue weighted by Crippen LogP contribution is -2.60. The highest BCUT2D eigenvalue weighted by Gasteiger charge is 2.35. The molecule has 2 aromatic carbocycles. The Morgan fingerprint density at radius 1 is 0.514 bits per heavy atom. The minimum absolute atomic E-state index is 0.0409. The van der Waals surface area contributed by atoms with Crippen molar-refractivity contribution in [3.8, 4) is 0 Å². The normalized spacial score (nSPS) is 14.6. The fourth-order valence-corrected chi connectivity index (χ4v) is 7.61. The summed E-state index contributed by atoms with van der Waals surface area (Å²) in [5.41, 5.74) is 13.0. The Morgan fingerprint density at radius 3 is 1.42 bits per heavy atom. The molecule has 0 unspecified atom stereocenters. The second-order valence-corrected chi connectivity index (χ2v) is 19.7. The summed E-state index contributed by atoms with van der Waals surface area (Å²) < 4.78 is 0. The van der Waals surface area contributed by atoms with Gasteiger partial charge in [0.1, 0.15) is 42.3 Å². The van der Waals surface area contributed by atoms with Gasteiger partial charge in [0, 0.05) is 18.6 Å². The summed E-state index contributed by atoms with van der Waals surface area (Å²) >= 11 is 4.20. The summed E-state index contributed by atoms with van der Waals surface area (Å²) in [6.07, 6.45) is -0.228. The van der Waals surface area contributed by atoms with Gasteiger partial charge in [-0.15, -0.1) is 0 Å². The number of hydrogen-bond acceptors (Lipinski definition) is 12. The third kappa shape index (κ3) is 22.3. The molecule has 9 amide bonds. The van der Waals surface area contributed by atoms with Crippen molar-refractivity contribution in [2.45, 2.75) is 142 Å². The molecule has 0 radical (unpaired) electrons. The number of carbonyl (C=O) groups is 10. The maximum absolute atomic E-state index is 14.1. The van der Waals surface area contributed by atoms with E-state index in [1.54, 1.807) is 71.9 Å². The Labute approximate surface area is 427 Å². The number of primary amides is 1. The van der Waals surface area contributed by atoms with Crippen LogP contribution in [0.4, 0.5) is 0 Å². The fraction of sp³-hybridized carbons (Fsp3) is 0.560. The standard InChI is InChI=1S/C50H76N10O11S/c1-27(2)21-35(57-49(69)41(29(5)6)59-43(63)33(51)23-31-15-11-9-12-16-31)46(66)56-37(24-32-17-13-10-14-18-32)44(64)53-25-40(62)54-34(19-20-39(52)61)45(65)58-38(26-72)48(68)55-36(22-28(3)4)47(67)60-42(30(7)8)50(70)71/h9-18,27-30,33-38,41-42,72H,19-26,51H2,1-8H3,(H2,52,61)(H,53,64)(H,54,62)(H,55,68)(H,56,66)(H,57,69)(H,58,65)(H,59,63)(H,60,67)(H,70,71)/t33-,34-,35-,36-,37-,38-,41-,42-/m0/s1. The molecule has 8 atom stereocenters. The van der Waals surface area contributed by atoms with Gasteiger partial charge in [-0.3, -0.25) is 43.2 Å². The van der Waals surface area contributed by atoms with Crippen LogP contribution in [0.15, 0.2) is 60.7 Å². The second kappa shape index (κ2) is 31.0. The molecular formula is C50H76N10O11S. The zero-order chi connectivity index (χ0) is 54.2. The monoisotopic (exact) mass is 1020 g/mol. The van der Waals surface area contributed by atoms with Crippen molar-refractivity contribution >= 4 is 71.8 Å². The molecule has 2 aromatic rings. The van der Waals surface area contributed by atoms with Gasteiger partial charge < -0.3 is 59.1 Å². The van der Waals surface area contributed by atoms with Crippen LogP contribution >= 0.6 is 12.6 Å². The molecule has 0 aliphatic carbocycles. The van der Waals surface area contributed by atoms with E-state index in [-0.39, 0.29) is 56.1 Å². The first-order valence-electron chi connectivity index (χ1n) is 24.2. The van der Waals surface area contributed by atoms with Crippen molar-refractivity contribution in [3.05, 3.63) is 71.8 Å². The van der Waals surface area contributed by atoms with Crippen LogP contribution in [0, 0.1) is 23.7 Å². The molecule has 0 spiro atoms.